The summed E-state index contributed by atoms with van der Waals surface area (Å²) >= 11 is 0. The van der Waals surface area contributed by atoms with Crippen molar-refractivity contribution in [3.8, 4) is 0 Å². The molecule has 0 aromatic heterocycles. The van der Waals surface area contributed by atoms with Crippen molar-refractivity contribution in [2.24, 2.45) is 0 Å². The van der Waals surface area contributed by atoms with E-state index in [1.165, 1.54) is 14.0 Å². The van der Waals surface area contributed by atoms with Crippen molar-refractivity contribution in [2.75, 3.05) is 7.11 Å². The number of hydrogen-bond donors (Lipinski definition) is 2. The van der Waals surface area contributed by atoms with Crippen molar-refractivity contribution >= 4 is 12.0 Å². The highest BCUT2D eigenvalue weighted by atomic mass is 16.6. The molecule has 6 nitrogen and oxygen atoms in total. The Morgan fingerprint density at radius 3 is 2.56 bits per heavy atom. The predicted molar refractivity (Wildman–Crippen MR) is 64.4 cm³/mol. The zero-order valence-corrected chi connectivity index (χ0v) is 10.3. The normalized spacial score (nSPS) is 11.4. The van der Waals surface area contributed by atoms with E-state index in [2.05, 4.69) is 15.6 Å². The van der Waals surface area contributed by atoms with Crippen molar-refractivity contribution in [2.45, 2.75) is 19.6 Å². The molecule has 18 heavy (non-hydrogen) atoms. The Kier molecular flexibility index (Phi) is 5.66. The van der Waals surface area contributed by atoms with Gasteiger partial charge in [-0.3, -0.25) is 9.63 Å². The van der Waals surface area contributed by atoms with Crippen molar-refractivity contribution in [1.29, 1.82) is 0 Å². The SMILES string of the molecule is CONC(=O)[C@@H](C)NC(=O)OCc1ccccc1. The van der Waals surface area contributed by atoms with Crippen LogP contribution in [0.3, 0.4) is 0 Å². The Morgan fingerprint density at radius 1 is 1.28 bits per heavy atom. The number of rotatable bonds is 5. The molecule has 0 spiro atoms. The smallest absolute Gasteiger partial charge is 0.408 e. The second kappa shape index (κ2) is 7.29. The van der Waals surface area contributed by atoms with Crippen molar-refractivity contribution in [1.82, 2.24) is 10.8 Å². The number of nitrogens with one attached hydrogen (secondary N) is 2. The maximum Gasteiger partial charge on any atom is 0.408 e. The average molecular weight is 252 g/mol. The van der Waals surface area contributed by atoms with Gasteiger partial charge in [0.1, 0.15) is 12.6 Å². The first-order chi connectivity index (χ1) is 8.63. The van der Waals surface area contributed by atoms with Crippen LogP contribution >= 0.6 is 0 Å². The molecule has 2 amide bonds. The van der Waals surface area contributed by atoms with Gasteiger partial charge in [-0.1, -0.05) is 30.3 Å². The summed E-state index contributed by atoms with van der Waals surface area (Å²) in [7, 11) is 1.32. The lowest BCUT2D eigenvalue weighted by Gasteiger charge is -2.13. The molecule has 0 aliphatic heterocycles. The van der Waals surface area contributed by atoms with Crippen LogP contribution in [0.4, 0.5) is 4.79 Å². The van der Waals surface area contributed by atoms with Crippen molar-refractivity contribution < 1.29 is 19.2 Å². The molecule has 0 fully saturated rings. The minimum Gasteiger partial charge on any atom is -0.445 e. The predicted octanol–water partition coefficient (Wildman–Crippen LogP) is 0.979. The minimum absolute atomic E-state index is 0.158. The highest BCUT2D eigenvalue weighted by molar-refractivity contribution is 5.84. The first-order valence-electron chi connectivity index (χ1n) is 5.43. The molecule has 0 saturated heterocycles. The first kappa shape index (κ1) is 14.0. The van der Waals surface area contributed by atoms with Crippen LogP contribution in [0.15, 0.2) is 30.3 Å². The maximum absolute atomic E-state index is 11.4. The fraction of sp³-hybridized carbons (Fsp3) is 0.333. The van der Waals surface area contributed by atoms with Gasteiger partial charge in [-0.25, -0.2) is 10.3 Å². The Morgan fingerprint density at radius 2 is 1.94 bits per heavy atom. The first-order valence-corrected chi connectivity index (χ1v) is 5.43. The van der Waals surface area contributed by atoms with E-state index in [9.17, 15) is 9.59 Å². The Hall–Kier alpha value is -2.08. The van der Waals surface area contributed by atoms with Gasteiger partial charge >= 0.3 is 6.09 Å². The average Bonchev–Trinajstić information content (AvgIpc) is 2.38. The Bertz CT molecular complexity index is 394. The van der Waals surface area contributed by atoms with E-state index >= 15 is 0 Å². The molecule has 98 valence electrons. The second-order valence-electron chi connectivity index (χ2n) is 3.60. The Balaban J connectivity index is 2.31. The molecule has 0 bridgehead atoms. The van der Waals surface area contributed by atoms with E-state index in [0.29, 0.717) is 0 Å². The van der Waals surface area contributed by atoms with Crippen molar-refractivity contribution in [3.63, 3.8) is 0 Å². The number of carbonyl (C=O) groups is 2. The van der Waals surface area contributed by atoms with E-state index in [1.54, 1.807) is 0 Å². The number of ether oxygens (including phenoxy) is 1. The van der Waals surface area contributed by atoms with Crippen LogP contribution in [0.1, 0.15) is 12.5 Å². The molecule has 0 radical (unpaired) electrons. The largest absolute Gasteiger partial charge is 0.445 e. The molecule has 0 saturated carbocycles. The summed E-state index contributed by atoms with van der Waals surface area (Å²) in [4.78, 5) is 27.1. The lowest BCUT2D eigenvalue weighted by Crippen LogP contribution is -2.44. The number of amides is 2. The van der Waals surface area contributed by atoms with E-state index < -0.39 is 18.0 Å². The minimum atomic E-state index is -0.728. The number of carbonyl (C=O) groups excluding carboxylic acids is 2. The van der Waals surface area contributed by atoms with Gasteiger partial charge in [0, 0.05) is 0 Å². The topological polar surface area (TPSA) is 76.7 Å². The molecule has 0 unspecified atom stereocenters. The third-order valence-corrected chi connectivity index (χ3v) is 2.14. The van der Waals surface area contributed by atoms with Gasteiger partial charge < -0.3 is 10.1 Å². The van der Waals surface area contributed by atoms with Crippen LogP contribution in [0.2, 0.25) is 0 Å². The molecular formula is C12H16N2O4. The van der Waals surface area contributed by atoms with Crippen LogP contribution in [-0.4, -0.2) is 25.2 Å². The summed E-state index contributed by atoms with van der Waals surface area (Å²) in [5.74, 6) is -0.450. The quantitative estimate of drug-likeness (QED) is 0.766. The summed E-state index contributed by atoms with van der Waals surface area (Å²) in [6.07, 6.45) is -0.655. The number of benzene rings is 1. The van der Waals surface area contributed by atoms with Crippen LogP contribution in [0.5, 0.6) is 0 Å². The zero-order valence-electron chi connectivity index (χ0n) is 10.3. The molecule has 0 heterocycles. The van der Waals surface area contributed by atoms with E-state index in [0.717, 1.165) is 5.56 Å². The standard InChI is InChI=1S/C12H16N2O4/c1-9(11(15)14-17-2)13-12(16)18-8-10-6-4-3-5-7-10/h3-7,9H,8H2,1-2H3,(H,13,16)(H,14,15)/t9-/m1/s1. The third kappa shape index (κ3) is 4.84. The van der Waals surface area contributed by atoms with Crippen LogP contribution in [0.25, 0.3) is 0 Å². The molecule has 1 rings (SSSR count). The number of alkyl carbamates (subject to hydrolysis) is 1. The van der Waals surface area contributed by atoms with Gasteiger partial charge in [0.2, 0.25) is 0 Å². The monoisotopic (exact) mass is 252 g/mol. The lowest BCUT2D eigenvalue weighted by molar-refractivity contribution is -0.132. The molecule has 6 heteroatoms. The van der Waals surface area contributed by atoms with E-state index in [-0.39, 0.29) is 6.61 Å². The summed E-state index contributed by atoms with van der Waals surface area (Å²) < 4.78 is 4.96. The maximum atomic E-state index is 11.4. The van der Waals surface area contributed by atoms with Gasteiger partial charge in [0.05, 0.1) is 7.11 Å². The van der Waals surface area contributed by atoms with Gasteiger partial charge in [-0.05, 0) is 12.5 Å². The molecule has 0 aliphatic carbocycles. The second-order valence-corrected chi connectivity index (χ2v) is 3.60. The summed E-state index contributed by atoms with van der Waals surface area (Å²) in [5, 5.41) is 2.38. The summed E-state index contributed by atoms with van der Waals surface area (Å²) in [6, 6.07) is 8.54. The summed E-state index contributed by atoms with van der Waals surface area (Å²) in [5.41, 5.74) is 2.99. The number of hydrogen-bond acceptors (Lipinski definition) is 4. The fourth-order valence-electron chi connectivity index (χ4n) is 1.20. The summed E-state index contributed by atoms with van der Waals surface area (Å²) in [6.45, 7) is 1.68. The molecular weight excluding hydrogens is 236 g/mol. The van der Waals surface area contributed by atoms with Gasteiger partial charge in [-0.2, -0.15) is 0 Å². The van der Waals surface area contributed by atoms with Gasteiger partial charge in [0.15, 0.2) is 0 Å². The zero-order chi connectivity index (χ0) is 13.4. The highest BCUT2D eigenvalue weighted by Gasteiger charge is 2.15. The highest BCUT2D eigenvalue weighted by Crippen LogP contribution is 2.00. The van der Waals surface area contributed by atoms with Gasteiger partial charge in [0.25, 0.3) is 5.91 Å². The Labute approximate surface area is 105 Å². The molecule has 2 N–H and O–H groups in total. The molecule has 0 aliphatic rings. The lowest BCUT2D eigenvalue weighted by atomic mass is 10.2. The molecule has 1 atom stereocenters. The van der Waals surface area contributed by atoms with E-state index in [4.69, 9.17) is 4.74 Å². The van der Waals surface area contributed by atoms with Crippen LogP contribution in [-0.2, 0) is 21.0 Å². The van der Waals surface area contributed by atoms with E-state index in [1.807, 2.05) is 30.3 Å². The van der Waals surface area contributed by atoms with Gasteiger partial charge in [-0.15, -0.1) is 0 Å². The van der Waals surface area contributed by atoms with Crippen LogP contribution in [0, 0.1) is 0 Å². The molecule has 1 aromatic rings. The van der Waals surface area contributed by atoms with Crippen LogP contribution < -0.4 is 10.8 Å². The molecule has 1 aromatic carbocycles. The fourth-order valence-corrected chi connectivity index (χ4v) is 1.20. The third-order valence-electron chi connectivity index (χ3n) is 2.14. The van der Waals surface area contributed by atoms with Crippen molar-refractivity contribution in [3.05, 3.63) is 35.9 Å². The number of hydroxylamine groups is 1.